The minimum Gasteiger partial charge on any atom is -0.0584 e. The lowest BCUT2D eigenvalue weighted by molar-refractivity contribution is 1.41. The maximum absolute atomic E-state index is 3.79. The van der Waals surface area contributed by atoms with Crippen molar-refractivity contribution in [3.05, 3.63) is 42.3 Å². The fraction of sp³-hybridized carbons (Fsp3) is 0.125. The van der Waals surface area contributed by atoms with E-state index < -0.39 is 0 Å². The van der Waals surface area contributed by atoms with E-state index in [0.29, 0.717) is 0 Å². The van der Waals surface area contributed by atoms with E-state index in [-0.39, 0.29) is 0 Å². The number of hydrogen-bond donors (Lipinski definition) is 0. The maximum Gasteiger partial charge on any atom is -0.0181 e. The van der Waals surface area contributed by atoms with E-state index in [1.165, 1.54) is 5.56 Å². The van der Waals surface area contributed by atoms with Gasteiger partial charge in [-0.25, -0.2) is 0 Å². The molecule has 1 aromatic rings. The van der Waals surface area contributed by atoms with Gasteiger partial charge < -0.3 is 0 Å². The zero-order valence-electron chi connectivity index (χ0n) is 4.94. The summed E-state index contributed by atoms with van der Waals surface area (Å²) in [5, 5.41) is 0. The summed E-state index contributed by atoms with van der Waals surface area (Å²) in [5.74, 6) is 0. The number of rotatable bonds is 0. The zero-order valence-corrected chi connectivity index (χ0v) is 4.94. The van der Waals surface area contributed by atoms with Crippen LogP contribution in [0, 0.1) is 19.9 Å². The van der Waals surface area contributed by atoms with E-state index in [4.69, 9.17) is 0 Å². The van der Waals surface area contributed by atoms with Crippen LogP contribution in [0.15, 0.2) is 18.2 Å². The highest BCUT2D eigenvalue weighted by molar-refractivity contribution is 5.26. The third kappa shape index (κ3) is 0.890. The van der Waals surface area contributed by atoms with Gasteiger partial charge >= 0.3 is 0 Å². The van der Waals surface area contributed by atoms with Crippen molar-refractivity contribution in [3.63, 3.8) is 0 Å². The Balaban J connectivity index is 3.13. The van der Waals surface area contributed by atoms with Gasteiger partial charge in [0.15, 0.2) is 0 Å². The van der Waals surface area contributed by atoms with Crippen molar-refractivity contribution in [3.8, 4) is 0 Å². The van der Waals surface area contributed by atoms with Crippen LogP contribution in [0.5, 0.6) is 0 Å². The van der Waals surface area contributed by atoms with Gasteiger partial charge in [-0.3, -0.25) is 0 Å². The summed E-state index contributed by atoms with van der Waals surface area (Å²) in [6.45, 7) is 5.83. The predicted molar refractivity (Wildman–Crippen MR) is 34.5 cm³/mol. The third-order valence-corrected chi connectivity index (χ3v) is 1.19. The Morgan fingerprint density at radius 2 is 2.38 bits per heavy atom. The fourth-order valence-electron chi connectivity index (χ4n) is 0.543. The Hall–Kier alpha value is -0.780. The van der Waals surface area contributed by atoms with Crippen LogP contribution in [0.4, 0.5) is 0 Å². The molecule has 0 aliphatic rings. The van der Waals surface area contributed by atoms with E-state index >= 15 is 0 Å². The smallest absolute Gasteiger partial charge is 0.0181 e. The Morgan fingerprint density at radius 1 is 1.62 bits per heavy atom. The number of benzene rings is 1. The molecule has 0 heteroatoms. The van der Waals surface area contributed by atoms with E-state index in [0.717, 1.165) is 5.56 Å². The molecule has 0 aliphatic carbocycles. The molecule has 0 nitrogen and oxygen atoms in total. The van der Waals surface area contributed by atoms with Crippen molar-refractivity contribution < 1.29 is 0 Å². The largest absolute Gasteiger partial charge is 0.0584 e. The molecule has 0 N–H and O–H groups in total. The van der Waals surface area contributed by atoms with Gasteiger partial charge in [-0.2, -0.15) is 0 Å². The highest BCUT2D eigenvalue weighted by Gasteiger charge is 1.84. The second-order valence-corrected chi connectivity index (χ2v) is 1.85. The van der Waals surface area contributed by atoms with Crippen LogP contribution in [-0.4, -0.2) is 0 Å². The monoisotopic (exact) mass is 104 g/mol. The third-order valence-electron chi connectivity index (χ3n) is 1.19. The summed E-state index contributed by atoms with van der Waals surface area (Å²) >= 11 is 0. The second kappa shape index (κ2) is 1.99. The van der Waals surface area contributed by atoms with Crippen LogP contribution >= 0.6 is 0 Å². The Kier molecular flexibility index (Phi) is 1.34. The minimum atomic E-state index is 1.06. The lowest BCUT2D eigenvalue weighted by Gasteiger charge is -1.92. The molecule has 0 amide bonds. The first-order valence-corrected chi connectivity index (χ1v) is 2.59. The average Bonchev–Trinajstić information content (AvgIpc) is 1.77. The highest BCUT2D eigenvalue weighted by atomic mass is 13.9. The molecule has 0 aliphatic heterocycles. The van der Waals surface area contributed by atoms with Crippen LogP contribution < -0.4 is 0 Å². The molecule has 0 spiro atoms. The van der Waals surface area contributed by atoms with E-state index in [9.17, 15) is 0 Å². The molecule has 1 aromatic carbocycles. The van der Waals surface area contributed by atoms with Crippen molar-refractivity contribution >= 4 is 0 Å². The molecule has 0 saturated heterocycles. The molecule has 1 rings (SSSR count). The molecule has 0 atom stereocenters. The van der Waals surface area contributed by atoms with Crippen LogP contribution in [0.25, 0.3) is 0 Å². The predicted octanol–water partition coefficient (Wildman–Crippen LogP) is 1.98. The molecule has 0 fully saturated rings. The standard InChI is InChI=1S/C8H8/c1-7-5-3-4-6-8(7)2/h4-6H,1H2,2H3. The molecule has 0 unspecified atom stereocenters. The van der Waals surface area contributed by atoms with Gasteiger partial charge in [0.25, 0.3) is 0 Å². The van der Waals surface area contributed by atoms with Crippen LogP contribution in [0.3, 0.4) is 0 Å². The highest BCUT2D eigenvalue weighted by Crippen LogP contribution is 2.02. The summed E-state index contributed by atoms with van der Waals surface area (Å²) in [4.78, 5) is 0. The van der Waals surface area contributed by atoms with Crippen molar-refractivity contribution in [2.75, 3.05) is 0 Å². The molecule has 2 radical (unpaired) electrons. The van der Waals surface area contributed by atoms with Gasteiger partial charge in [0.1, 0.15) is 0 Å². The van der Waals surface area contributed by atoms with Crippen molar-refractivity contribution in [1.29, 1.82) is 0 Å². The van der Waals surface area contributed by atoms with Crippen LogP contribution in [-0.2, 0) is 0 Å². The fourth-order valence-corrected chi connectivity index (χ4v) is 0.543. The van der Waals surface area contributed by atoms with Gasteiger partial charge in [0.2, 0.25) is 0 Å². The first-order chi connectivity index (χ1) is 3.80. The van der Waals surface area contributed by atoms with Crippen LogP contribution in [0.2, 0.25) is 0 Å². The lowest BCUT2D eigenvalue weighted by atomic mass is 10.1. The first kappa shape index (κ1) is 5.36. The number of hydrogen-bond acceptors (Lipinski definition) is 0. The van der Waals surface area contributed by atoms with Gasteiger partial charge in [0.05, 0.1) is 0 Å². The van der Waals surface area contributed by atoms with Crippen molar-refractivity contribution in [1.82, 2.24) is 0 Å². The topological polar surface area (TPSA) is 0 Å². The van der Waals surface area contributed by atoms with Gasteiger partial charge in [0, 0.05) is 0 Å². The summed E-state index contributed by atoms with van der Waals surface area (Å²) in [5.41, 5.74) is 2.29. The Morgan fingerprint density at radius 3 is 2.75 bits per heavy atom. The Labute approximate surface area is 50.2 Å². The molecule has 0 aromatic heterocycles. The molecule has 0 heterocycles. The molecule has 40 valence electrons. The van der Waals surface area contributed by atoms with E-state index in [1.807, 2.05) is 25.1 Å². The average molecular weight is 104 g/mol. The molecule has 0 saturated carbocycles. The number of aryl methyl sites for hydroxylation is 1. The molecular formula is C8H8. The minimum absolute atomic E-state index is 1.06. The summed E-state index contributed by atoms with van der Waals surface area (Å²) in [6.07, 6.45) is 0. The first-order valence-electron chi connectivity index (χ1n) is 2.59. The molecular weight excluding hydrogens is 96.1 g/mol. The van der Waals surface area contributed by atoms with Gasteiger partial charge in [-0.15, -0.1) is 0 Å². The van der Waals surface area contributed by atoms with Crippen LogP contribution in [0.1, 0.15) is 11.1 Å². The quantitative estimate of drug-likeness (QED) is 0.472. The van der Waals surface area contributed by atoms with Crippen molar-refractivity contribution in [2.24, 2.45) is 0 Å². The zero-order chi connectivity index (χ0) is 5.98. The summed E-state index contributed by atoms with van der Waals surface area (Å²) < 4.78 is 0. The van der Waals surface area contributed by atoms with Crippen molar-refractivity contribution in [2.45, 2.75) is 6.92 Å². The Bertz CT molecular complexity index is 156. The summed E-state index contributed by atoms with van der Waals surface area (Å²) in [6, 6.07) is 8.72. The normalized spacial score (nSPS) is 9.25. The van der Waals surface area contributed by atoms with E-state index in [1.54, 1.807) is 0 Å². The lowest BCUT2D eigenvalue weighted by Crippen LogP contribution is -1.75. The second-order valence-electron chi connectivity index (χ2n) is 1.85. The van der Waals surface area contributed by atoms with E-state index in [2.05, 4.69) is 13.0 Å². The maximum atomic E-state index is 3.79. The summed E-state index contributed by atoms with van der Waals surface area (Å²) in [7, 11) is 0. The molecule has 0 bridgehead atoms. The SMILES string of the molecule is [CH2]c1c[c]ccc1C. The molecule has 8 heavy (non-hydrogen) atoms. The van der Waals surface area contributed by atoms with Gasteiger partial charge in [-0.1, -0.05) is 18.2 Å². The van der Waals surface area contributed by atoms with Gasteiger partial charge in [-0.05, 0) is 31.0 Å².